The third-order valence-electron chi connectivity index (χ3n) is 3.06. The quantitative estimate of drug-likeness (QED) is 0.621. The second-order valence-electron chi connectivity index (χ2n) is 5.35. The molecule has 1 aromatic heterocycles. The van der Waals surface area contributed by atoms with Gasteiger partial charge in [-0.15, -0.1) is 0 Å². The second-order valence-corrected chi connectivity index (χ2v) is 6.35. The van der Waals surface area contributed by atoms with Crippen molar-refractivity contribution >= 4 is 28.2 Å². The van der Waals surface area contributed by atoms with E-state index < -0.39 is 12.2 Å². The first-order valence-electron chi connectivity index (χ1n) is 6.54. The van der Waals surface area contributed by atoms with E-state index in [2.05, 4.69) is 24.1 Å². The summed E-state index contributed by atoms with van der Waals surface area (Å²) < 4.78 is 0. The van der Waals surface area contributed by atoms with Gasteiger partial charge in [0.15, 0.2) is 5.13 Å². The highest BCUT2D eigenvalue weighted by Crippen LogP contribution is 2.27. The van der Waals surface area contributed by atoms with Gasteiger partial charge in [-0.25, -0.2) is 4.98 Å². The predicted molar refractivity (Wildman–Crippen MR) is 77.8 cm³/mol. The molecule has 7 nitrogen and oxygen atoms in total. The summed E-state index contributed by atoms with van der Waals surface area (Å²) in [5.41, 5.74) is 5.77. The molecular weight excluding hydrogens is 280 g/mol. The zero-order valence-corrected chi connectivity index (χ0v) is 12.4. The van der Waals surface area contributed by atoms with Crippen LogP contribution in [0.2, 0.25) is 0 Å². The number of carbonyl (C=O) groups is 1. The lowest BCUT2D eigenvalue weighted by molar-refractivity contribution is 0.0572. The normalized spacial score (nSPS) is 22.6. The fraction of sp³-hybridized carbons (Fsp3) is 0.667. The number of hydrogen-bond acceptors (Lipinski definition) is 7. The van der Waals surface area contributed by atoms with Crippen LogP contribution in [0.3, 0.4) is 0 Å². The molecule has 20 heavy (non-hydrogen) atoms. The van der Waals surface area contributed by atoms with Gasteiger partial charge >= 0.3 is 0 Å². The van der Waals surface area contributed by atoms with E-state index in [-0.39, 0.29) is 24.8 Å². The molecule has 8 heteroatoms. The number of nitrogens with zero attached hydrogens (tertiary/aromatic N) is 2. The molecule has 2 heterocycles. The Morgan fingerprint density at radius 3 is 2.65 bits per heavy atom. The van der Waals surface area contributed by atoms with Crippen LogP contribution in [0.4, 0.5) is 10.9 Å². The molecule has 112 valence electrons. The first kappa shape index (κ1) is 15.0. The Morgan fingerprint density at radius 1 is 1.50 bits per heavy atom. The minimum atomic E-state index is -0.897. The smallest absolute Gasteiger partial charge is 0.268 e. The molecule has 1 aliphatic heterocycles. The molecule has 0 bridgehead atoms. The van der Waals surface area contributed by atoms with Gasteiger partial charge in [-0.3, -0.25) is 4.79 Å². The number of aliphatic hydroxyl groups is 2. The summed E-state index contributed by atoms with van der Waals surface area (Å²) in [6.45, 7) is 5.13. The Bertz CT molecular complexity index is 481. The van der Waals surface area contributed by atoms with Gasteiger partial charge < -0.3 is 26.2 Å². The van der Waals surface area contributed by atoms with Gasteiger partial charge in [-0.2, -0.15) is 0 Å². The summed E-state index contributed by atoms with van der Waals surface area (Å²) in [5, 5.41) is 22.7. The van der Waals surface area contributed by atoms with Crippen molar-refractivity contribution < 1.29 is 15.0 Å². The maximum absolute atomic E-state index is 12.3. The van der Waals surface area contributed by atoms with Crippen molar-refractivity contribution in [3.8, 4) is 0 Å². The highest BCUT2D eigenvalue weighted by atomic mass is 32.1. The molecule has 2 unspecified atom stereocenters. The maximum Gasteiger partial charge on any atom is 0.268 e. The first-order chi connectivity index (χ1) is 9.38. The summed E-state index contributed by atoms with van der Waals surface area (Å²) in [5.74, 6) is 0.346. The van der Waals surface area contributed by atoms with E-state index in [1.54, 1.807) is 0 Å². The number of rotatable bonds is 4. The number of aromatic nitrogens is 1. The summed E-state index contributed by atoms with van der Waals surface area (Å²) >= 11 is 1.20. The highest BCUT2D eigenvalue weighted by molar-refractivity contribution is 7.18. The van der Waals surface area contributed by atoms with Crippen LogP contribution in [-0.2, 0) is 0 Å². The van der Waals surface area contributed by atoms with Crippen molar-refractivity contribution in [3.05, 3.63) is 4.88 Å². The predicted octanol–water partition coefficient (Wildman–Crippen LogP) is -0.0292. The van der Waals surface area contributed by atoms with Crippen molar-refractivity contribution in [2.75, 3.05) is 30.7 Å². The average molecular weight is 300 g/mol. The summed E-state index contributed by atoms with van der Waals surface area (Å²) in [6, 6.07) is 0. The standard InChI is InChI=1S/C12H20N4O3S/c1-6(2)3-14-12-15-10(13)9(20-12)11(19)16-4-7(17)8(18)5-16/h6-8,17-18H,3-5,13H2,1-2H3,(H,14,15). The molecule has 1 saturated heterocycles. The molecular formula is C12H20N4O3S. The van der Waals surface area contributed by atoms with Crippen LogP contribution in [0.25, 0.3) is 0 Å². The molecule has 1 amide bonds. The average Bonchev–Trinajstić information content (AvgIpc) is 2.90. The lowest BCUT2D eigenvalue weighted by Gasteiger charge is -2.13. The van der Waals surface area contributed by atoms with Gasteiger partial charge in [-0.1, -0.05) is 25.2 Å². The van der Waals surface area contributed by atoms with Crippen LogP contribution < -0.4 is 11.1 Å². The van der Waals surface area contributed by atoms with Gasteiger partial charge in [0.05, 0.1) is 12.2 Å². The number of aliphatic hydroxyl groups excluding tert-OH is 2. The molecule has 1 aromatic rings. The minimum Gasteiger partial charge on any atom is -0.388 e. The van der Waals surface area contributed by atoms with Crippen molar-refractivity contribution in [3.63, 3.8) is 0 Å². The van der Waals surface area contributed by atoms with E-state index in [9.17, 15) is 15.0 Å². The molecule has 0 aliphatic carbocycles. The first-order valence-corrected chi connectivity index (χ1v) is 7.35. The highest BCUT2D eigenvalue weighted by Gasteiger charge is 2.34. The molecule has 2 atom stereocenters. The van der Waals surface area contributed by atoms with E-state index in [0.29, 0.717) is 15.9 Å². The topological polar surface area (TPSA) is 112 Å². The number of hydrogen-bond donors (Lipinski definition) is 4. The van der Waals surface area contributed by atoms with E-state index in [1.807, 2.05) is 0 Å². The SMILES string of the molecule is CC(C)CNc1nc(N)c(C(=O)N2CC(O)C(O)C2)s1. The van der Waals surface area contributed by atoms with Gasteiger partial charge in [0, 0.05) is 19.6 Å². The maximum atomic E-state index is 12.3. The molecule has 0 radical (unpaired) electrons. The number of amides is 1. The Morgan fingerprint density at radius 2 is 2.10 bits per heavy atom. The third-order valence-corrected chi connectivity index (χ3v) is 4.07. The van der Waals surface area contributed by atoms with Crippen molar-refractivity contribution in [1.29, 1.82) is 0 Å². The minimum absolute atomic E-state index is 0.117. The summed E-state index contributed by atoms with van der Waals surface area (Å²) in [6.07, 6.45) is -1.79. The zero-order chi connectivity index (χ0) is 14.9. The molecule has 2 rings (SSSR count). The number of thiazole rings is 1. The fourth-order valence-electron chi connectivity index (χ4n) is 1.93. The van der Waals surface area contributed by atoms with E-state index in [0.717, 1.165) is 6.54 Å². The number of carbonyl (C=O) groups excluding carboxylic acids is 1. The number of β-amino-alcohol motifs (C(OH)–C–C–N with tert-alkyl or cyclic N) is 2. The van der Waals surface area contributed by atoms with Crippen LogP contribution in [0.5, 0.6) is 0 Å². The van der Waals surface area contributed by atoms with E-state index in [4.69, 9.17) is 5.73 Å². The van der Waals surface area contributed by atoms with Gasteiger partial charge in [-0.05, 0) is 5.92 Å². The summed E-state index contributed by atoms with van der Waals surface area (Å²) in [4.78, 5) is 18.1. The second kappa shape index (κ2) is 5.94. The Hall–Kier alpha value is -1.38. The van der Waals surface area contributed by atoms with Crippen LogP contribution >= 0.6 is 11.3 Å². The fourth-order valence-corrected chi connectivity index (χ4v) is 2.79. The molecule has 0 aromatic carbocycles. The zero-order valence-electron chi connectivity index (χ0n) is 11.5. The van der Waals surface area contributed by atoms with Crippen molar-refractivity contribution in [2.24, 2.45) is 5.92 Å². The lowest BCUT2D eigenvalue weighted by atomic mass is 10.2. The van der Waals surface area contributed by atoms with Crippen LogP contribution in [0.1, 0.15) is 23.5 Å². The van der Waals surface area contributed by atoms with Crippen molar-refractivity contribution in [2.45, 2.75) is 26.1 Å². The summed E-state index contributed by atoms with van der Waals surface area (Å²) in [7, 11) is 0. The van der Waals surface area contributed by atoms with E-state index in [1.165, 1.54) is 16.2 Å². The monoisotopic (exact) mass is 300 g/mol. The van der Waals surface area contributed by atoms with Gasteiger partial charge in [0.2, 0.25) is 0 Å². The van der Waals surface area contributed by atoms with Crippen LogP contribution in [-0.4, -0.2) is 57.8 Å². The third kappa shape index (κ3) is 3.20. The molecule has 1 fully saturated rings. The largest absolute Gasteiger partial charge is 0.388 e. The van der Waals surface area contributed by atoms with Gasteiger partial charge in [0.1, 0.15) is 10.7 Å². The van der Waals surface area contributed by atoms with Crippen LogP contribution in [0, 0.1) is 5.92 Å². The number of nitrogens with one attached hydrogen (secondary N) is 1. The number of likely N-dealkylation sites (tertiary alicyclic amines) is 1. The number of anilines is 2. The van der Waals surface area contributed by atoms with E-state index >= 15 is 0 Å². The molecule has 0 saturated carbocycles. The van der Waals surface area contributed by atoms with Crippen molar-refractivity contribution in [1.82, 2.24) is 9.88 Å². The Kier molecular flexibility index (Phi) is 4.46. The Labute approximate surface area is 121 Å². The number of nitrogen functional groups attached to an aromatic ring is 1. The lowest BCUT2D eigenvalue weighted by Crippen LogP contribution is -2.29. The van der Waals surface area contributed by atoms with Gasteiger partial charge in [0.25, 0.3) is 5.91 Å². The number of nitrogens with two attached hydrogens (primary N) is 1. The molecule has 5 N–H and O–H groups in total. The molecule has 0 spiro atoms. The molecule has 1 aliphatic rings. The Balaban J connectivity index is 2.07. The van der Waals surface area contributed by atoms with Crippen LogP contribution in [0.15, 0.2) is 0 Å².